The van der Waals surface area contributed by atoms with Gasteiger partial charge in [-0.15, -0.1) is 0 Å². The molecular weight excluding hydrogens is 347 g/mol. The quantitative estimate of drug-likeness (QED) is 0.252. The second kappa shape index (κ2) is 8.34. The van der Waals surface area contributed by atoms with Crippen LogP contribution in [0.25, 0.3) is 0 Å². The molecule has 2 aromatic carbocycles. The molecule has 8 nitrogen and oxygen atoms in total. The van der Waals surface area contributed by atoms with Gasteiger partial charge in [0.1, 0.15) is 17.4 Å². The fourth-order valence-corrected chi connectivity index (χ4v) is 1.45. The van der Waals surface area contributed by atoms with Crippen LogP contribution < -0.4 is 24.4 Å². The van der Waals surface area contributed by atoms with Crippen molar-refractivity contribution >= 4 is 11.8 Å². The summed E-state index contributed by atoms with van der Waals surface area (Å²) in [7, 11) is -4.69. The maximum atomic E-state index is 12.7. The minimum Gasteiger partial charge on any atom is -0.423 e. The third-order valence-electron chi connectivity index (χ3n) is 2.46. The first-order valence-electron chi connectivity index (χ1n) is 6.11. The molecule has 0 unspecified atom stereocenters. The van der Waals surface area contributed by atoms with E-state index < -0.39 is 22.0 Å². The second-order valence-corrected chi connectivity index (χ2v) is 5.02. The molecule has 128 valence electrons. The van der Waals surface area contributed by atoms with E-state index in [-0.39, 0.29) is 11.4 Å². The molecule has 0 amide bonds. The smallest absolute Gasteiger partial charge is 0.343 e. The van der Waals surface area contributed by atoms with Crippen molar-refractivity contribution in [3.63, 3.8) is 0 Å². The standard InChI is InChI=1S/C14H11FN2O2.ClHO4/c15-11-5-1-10(2-6-11)14(18)19-12-7-3-9(4-8-12)13(16)17;2-1(3,4)5/h1-8H,(H3,16,17);(H,2,3,4,5). The largest absolute Gasteiger partial charge is 0.423 e. The van der Waals surface area contributed by atoms with Crippen molar-refractivity contribution in [1.29, 1.82) is 5.41 Å². The van der Waals surface area contributed by atoms with E-state index >= 15 is 0 Å². The van der Waals surface area contributed by atoms with E-state index in [9.17, 15) is 9.18 Å². The number of hydrogen-bond acceptors (Lipinski definition) is 7. The van der Waals surface area contributed by atoms with Crippen LogP contribution in [0.3, 0.4) is 0 Å². The van der Waals surface area contributed by atoms with Gasteiger partial charge in [-0.2, -0.15) is 14.0 Å². The lowest BCUT2D eigenvalue weighted by molar-refractivity contribution is -1.92. The zero-order valence-corrected chi connectivity index (χ0v) is 12.7. The zero-order valence-electron chi connectivity index (χ0n) is 11.9. The summed E-state index contributed by atoms with van der Waals surface area (Å²) in [5.41, 5.74) is 6.11. The van der Waals surface area contributed by atoms with Crippen LogP contribution in [0.2, 0.25) is 0 Å². The molecule has 0 saturated heterocycles. The lowest BCUT2D eigenvalue weighted by Crippen LogP contribution is -2.58. The van der Waals surface area contributed by atoms with Gasteiger partial charge in [-0.05, 0) is 48.5 Å². The molecular formula is C14H12ClFN2O6. The Balaban J connectivity index is 0.000000505. The van der Waals surface area contributed by atoms with E-state index in [1.165, 1.54) is 36.4 Å². The van der Waals surface area contributed by atoms with Crippen LogP contribution in [0, 0.1) is 21.5 Å². The summed E-state index contributed by atoms with van der Waals surface area (Å²) >= 11 is 0. The monoisotopic (exact) mass is 358 g/mol. The van der Waals surface area contributed by atoms with Crippen molar-refractivity contribution in [2.75, 3.05) is 0 Å². The predicted molar refractivity (Wildman–Crippen MR) is 71.0 cm³/mol. The van der Waals surface area contributed by atoms with E-state index in [1.807, 2.05) is 0 Å². The fourth-order valence-electron chi connectivity index (χ4n) is 1.45. The lowest BCUT2D eigenvalue weighted by Gasteiger charge is -2.05. The summed E-state index contributed by atoms with van der Waals surface area (Å²) in [6.07, 6.45) is 0. The Kier molecular flexibility index (Phi) is 6.77. The maximum absolute atomic E-state index is 12.7. The van der Waals surface area contributed by atoms with E-state index in [1.54, 1.807) is 12.1 Å². The van der Waals surface area contributed by atoms with Gasteiger partial charge in [-0.25, -0.2) is 9.18 Å². The molecule has 0 aliphatic rings. The van der Waals surface area contributed by atoms with Crippen LogP contribution >= 0.6 is 0 Å². The highest BCUT2D eigenvalue weighted by Gasteiger charge is 2.08. The molecule has 0 saturated carbocycles. The number of carbonyl (C=O) groups excluding carboxylic acids is 1. The van der Waals surface area contributed by atoms with Crippen molar-refractivity contribution in [3.8, 4) is 5.75 Å². The number of carbonyl (C=O) groups is 1. The molecule has 0 atom stereocenters. The Morgan fingerprint density at radius 2 is 1.46 bits per heavy atom. The molecule has 0 heterocycles. The third kappa shape index (κ3) is 7.63. The van der Waals surface area contributed by atoms with Crippen molar-refractivity contribution in [2.24, 2.45) is 5.73 Å². The van der Waals surface area contributed by atoms with Gasteiger partial charge < -0.3 is 10.5 Å². The molecule has 0 fully saturated rings. The Labute approximate surface area is 137 Å². The second-order valence-electron chi connectivity index (χ2n) is 4.23. The summed E-state index contributed by atoms with van der Waals surface area (Å²) in [5.74, 6) is -0.714. The molecule has 0 spiro atoms. The number of benzene rings is 2. The van der Waals surface area contributed by atoms with Crippen molar-refractivity contribution in [1.82, 2.24) is 0 Å². The Morgan fingerprint density at radius 3 is 1.88 bits per heavy atom. The zero-order chi connectivity index (χ0) is 18.3. The van der Waals surface area contributed by atoms with E-state index in [0.717, 1.165) is 0 Å². The predicted octanol–water partition coefficient (Wildman–Crippen LogP) is -1.80. The van der Waals surface area contributed by atoms with Gasteiger partial charge in [0.15, 0.2) is 0 Å². The van der Waals surface area contributed by atoms with Gasteiger partial charge in [0.2, 0.25) is 0 Å². The van der Waals surface area contributed by atoms with Crippen molar-refractivity contribution in [3.05, 3.63) is 65.5 Å². The van der Waals surface area contributed by atoms with Gasteiger partial charge in [-0.1, -0.05) is 0 Å². The number of halogens is 2. The molecule has 0 aliphatic heterocycles. The Bertz CT molecular complexity index is 695. The van der Waals surface area contributed by atoms with Crippen LogP contribution in [0.1, 0.15) is 15.9 Å². The number of nitrogens with one attached hydrogen (secondary N) is 1. The molecule has 2 rings (SSSR count). The first-order chi connectivity index (χ1) is 11.1. The average Bonchev–Trinajstić information content (AvgIpc) is 2.46. The van der Waals surface area contributed by atoms with Crippen LogP contribution in [-0.4, -0.2) is 16.5 Å². The van der Waals surface area contributed by atoms with Gasteiger partial charge in [-0.3, -0.25) is 5.41 Å². The van der Waals surface area contributed by atoms with Crippen molar-refractivity contribution < 1.29 is 42.8 Å². The first kappa shape index (κ1) is 19.5. The number of hydrogen-bond donors (Lipinski definition) is 3. The summed E-state index contributed by atoms with van der Waals surface area (Å²) in [5, 5.41) is 7.24. The first-order valence-corrected chi connectivity index (χ1v) is 7.38. The number of rotatable bonds is 3. The molecule has 4 N–H and O–H groups in total. The van der Waals surface area contributed by atoms with Crippen LogP contribution in [0.15, 0.2) is 48.5 Å². The van der Waals surface area contributed by atoms with Gasteiger partial charge in [0, 0.05) is 5.56 Å². The molecule has 0 radical (unpaired) electrons. The molecule has 0 aromatic heterocycles. The number of amidine groups is 1. The molecule has 2 aromatic rings. The minimum absolute atomic E-state index is 0.0589. The molecule has 24 heavy (non-hydrogen) atoms. The summed E-state index contributed by atoms with van der Waals surface area (Å²) in [6, 6.07) is 11.3. The van der Waals surface area contributed by atoms with Gasteiger partial charge in [0.25, 0.3) is 0 Å². The van der Waals surface area contributed by atoms with Gasteiger partial charge in [0.05, 0.1) is 20.5 Å². The third-order valence-corrected chi connectivity index (χ3v) is 2.46. The Hall–Kier alpha value is -2.56. The summed E-state index contributed by atoms with van der Waals surface area (Å²) in [6.45, 7) is 0. The van der Waals surface area contributed by atoms with Crippen LogP contribution in [0.4, 0.5) is 4.39 Å². The molecule has 0 bridgehead atoms. The minimum atomic E-state index is -4.69. The average molecular weight is 359 g/mol. The van der Waals surface area contributed by atoms with E-state index in [2.05, 4.69) is 0 Å². The lowest BCUT2D eigenvalue weighted by atomic mass is 10.2. The Morgan fingerprint density at radius 1 is 1.04 bits per heavy atom. The van der Waals surface area contributed by atoms with Crippen molar-refractivity contribution in [2.45, 2.75) is 0 Å². The number of ether oxygens (including phenoxy) is 1. The van der Waals surface area contributed by atoms with E-state index in [4.69, 9.17) is 34.5 Å². The number of nitrogen functional groups attached to an aromatic ring is 1. The van der Waals surface area contributed by atoms with Gasteiger partial charge >= 0.3 is 5.97 Å². The summed E-state index contributed by atoms with van der Waals surface area (Å²) < 4.78 is 50.5. The molecule has 10 heteroatoms. The van der Waals surface area contributed by atoms with Crippen LogP contribution in [-0.2, 0) is 0 Å². The normalized spacial score (nSPS) is 10.4. The highest BCUT2D eigenvalue weighted by atomic mass is 35.7. The fraction of sp³-hybridized carbons (Fsp3) is 0. The SMILES string of the molecule is N=C(N)c1ccc(OC(=O)c2ccc(F)cc2)cc1.[O-][Cl+3]([O-])([O-])O. The van der Waals surface area contributed by atoms with E-state index in [0.29, 0.717) is 11.3 Å². The topological polar surface area (TPSA) is 166 Å². The highest BCUT2D eigenvalue weighted by Crippen LogP contribution is 2.14. The number of nitrogens with two attached hydrogens (primary N) is 1. The van der Waals surface area contributed by atoms with Crippen LogP contribution in [0.5, 0.6) is 5.75 Å². The maximum Gasteiger partial charge on any atom is 0.343 e. The summed E-state index contributed by atoms with van der Waals surface area (Å²) in [4.78, 5) is 11.7. The molecule has 0 aliphatic carbocycles. The number of esters is 1. The highest BCUT2D eigenvalue weighted by molar-refractivity contribution is 5.95.